The predicted octanol–water partition coefficient (Wildman–Crippen LogP) is 18.7. The monoisotopic (exact) mass is 964 g/mol. The minimum Gasteiger partial charge on any atom is -0.310 e. The molecule has 76 heavy (non-hydrogen) atoms. The van der Waals surface area contributed by atoms with Crippen molar-refractivity contribution in [1.82, 2.24) is 9.13 Å². The molecule has 0 bridgehead atoms. The minimum atomic E-state index is 0.513. The second-order valence-corrected chi connectivity index (χ2v) is 18.7. The van der Waals surface area contributed by atoms with Crippen molar-refractivity contribution in [2.24, 2.45) is 0 Å². The SMILES string of the molecule is [C-]#[N+]c1ccccc1-c1c(-c2ccccc2C#N)n(-c2ccc3c(-c4ccccc4)c4cc(-n5c(-c6ccccc6[N+]#[C-])c(-c6ccccc6C#N)c6ccccc65)ccc4c(-c4ccccc4)c3c2)c2ccccc12. The van der Waals surface area contributed by atoms with Crippen LogP contribution >= 0.6 is 0 Å². The Balaban J connectivity index is 1.17. The number of rotatable bonds is 8. The van der Waals surface area contributed by atoms with E-state index in [-0.39, 0.29) is 0 Å². The van der Waals surface area contributed by atoms with E-state index in [0.29, 0.717) is 22.5 Å². The Bertz CT molecular complexity index is 4380. The van der Waals surface area contributed by atoms with Gasteiger partial charge in [-0.15, -0.1) is 0 Å². The van der Waals surface area contributed by atoms with Gasteiger partial charge >= 0.3 is 0 Å². The van der Waals surface area contributed by atoms with Gasteiger partial charge in [-0.2, -0.15) is 10.5 Å². The zero-order valence-corrected chi connectivity index (χ0v) is 40.8. The molecular formula is C70H40N6. The Morgan fingerprint density at radius 3 is 1.21 bits per heavy atom. The van der Waals surface area contributed by atoms with Crippen molar-refractivity contribution < 1.29 is 0 Å². The summed E-state index contributed by atoms with van der Waals surface area (Å²) in [6, 6.07) is 87.1. The highest BCUT2D eigenvalue weighted by Crippen LogP contribution is 2.51. The average molecular weight is 965 g/mol. The Kier molecular flexibility index (Phi) is 11.0. The van der Waals surface area contributed by atoms with Crippen molar-refractivity contribution in [1.29, 1.82) is 10.5 Å². The van der Waals surface area contributed by atoms with Gasteiger partial charge < -0.3 is 9.13 Å². The molecule has 0 saturated heterocycles. The van der Waals surface area contributed by atoms with E-state index < -0.39 is 0 Å². The van der Waals surface area contributed by atoms with E-state index in [2.05, 4.69) is 140 Å². The molecule has 0 aliphatic heterocycles. The van der Waals surface area contributed by atoms with Crippen LogP contribution in [-0.4, -0.2) is 9.13 Å². The fourth-order valence-corrected chi connectivity index (χ4v) is 11.5. The molecule has 0 spiro atoms. The van der Waals surface area contributed by atoms with E-state index in [9.17, 15) is 10.5 Å². The van der Waals surface area contributed by atoms with Crippen molar-refractivity contribution in [3.63, 3.8) is 0 Å². The first-order valence-electron chi connectivity index (χ1n) is 24.9. The van der Waals surface area contributed by atoms with Gasteiger partial charge in [0.25, 0.3) is 0 Å². The highest BCUT2D eigenvalue weighted by atomic mass is 15.0. The van der Waals surface area contributed by atoms with E-state index in [1.807, 2.05) is 133 Å². The Hall–Kier alpha value is -11.0. The van der Waals surface area contributed by atoms with Crippen LogP contribution in [0, 0.1) is 35.8 Å². The quantitative estimate of drug-likeness (QED) is 0.112. The first-order chi connectivity index (χ1) is 37.6. The molecule has 0 N–H and O–H groups in total. The van der Waals surface area contributed by atoms with Gasteiger partial charge in [0, 0.05) is 50.0 Å². The Morgan fingerprint density at radius 1 is 0.316 bits per heavy atom. The molecule has 11 aromatic carbocycles. The first-order valence-corrected chi connectivity index (χ1v) is 24.9. The molecule has 0 fully saturated rings. The maximum absolute atomic E-state index is 10.7. The lowest BCUT2D eigenvalue weighted by Gasteiger charge is -2.21. The maximum atomic E-state index is 10.7. The molecule has 0 amide bonds. The molecular weight excluding hydrogens is 925 g/mol. The first kappa shape index (κ1) is 44.9. The summed E-state index contributed by atoms with van der Waals surface area (Å²) in [4.78, 5) is 8.07. The molecule has 2 aromatic heterocycles. The van der Waals surface area contributed by atoms with Crippen molar-refractivity contribution in [3.05, 3.63) is 277 Å². The molecule has 13 aromatic rings. The molecule has 0 unspecified atom stereocenters. The van der Waals surface area contributed by atoms with E-state index in [4.69, 9.17) is 13.1 Å². The Labute approximate surface area is 439 Å². The van der Waals surface area contributed by atoms with Gasteiger partial charge in [0.05, 0.1) is 58.8 Å². The topological polar surface area (TPSA) is 66.2 Å². The lowest BCUT2D eigenvalue weighted by molar-refractivity contribution is 1.14. The summed E-state index contributed by atoms with van der Waals surface area (Å²) in [7, 11) is 0. The zero-order valence-electron chi connectivity index (χ0n) is 40.8. The summed E-state index contributed by atoms with van der Waals surface area (Å²) in [6.07, 6.45) is 0. The highest BCUT2D eigenvalue weighted by Gasteiger charge is 2.28. The van der Waals surface area contributed by atoms with Crippen molar-refractivity contribution >= 4 is 54.7 Å². The van der Waals surface area contributed by atoms with Crippen LogP contribution < -0.4 is 0 Å². The van der Waals surface area contributed by atoms with Crippen LogP contribution in [0.25, 0.3) is 131 Å². The highest BCUT2D eigenvalue weighted by molar-refractivity contribution is 6.22. The number of nitrogens with zero attached hydrogens (tertiary/aromatic N) is 6. The van der Waals surface area contributed by atoms with Crippen LogP contribution in [-0.2, 0) is 0 Å². The fourth-order valence-electron chi connectivity index (χ4n) is 11.5. The standard InChI is InChI=1S/C70H40N6/c1-73-61-33-17-13-29-55(61)68-58-32-16-20-36-64(58)75(69(68)52-28-12-10-26-48(52)44-72)49-37-39-53-59(41-49)65(45-21-5-3-6-22-45)54-40-38-50(42-60(54)66(53)46-23-7-4-8-24-46)76-63-35-19-15-31-57(63)67(51-27-11-9-25-47(51)43-71)70(76)56-30-14-18-34-62(56)74-2/h3-42H. The molecule has 0 aliphatic rings. The van der Waals surface area contributed by atoms with Crippen LogP contribution in [0.2, 0.25) is 0 Å². The second-order valence-electron chi connectivity index (χ2n) is 18.7. The summed E-state index contributed by atoms with van der Waals surface area (Å²) < 4.78 is 4.54. The fraction of sp³-hybridized carbons (Fsp3) is 0. The summed E-state index contributed by atoms with van der Waals surface area (Å²) in [5.74, 6) is 0. The largest absolute Gasteiger partial charge is 0.310 e. The van der Waals surface area contributed by atoms with E-state index >= 15 is 0 Å². The van der Waals surface area contributed by atoms with Crippen molar-refractivity contribution in [2.75, 3.05) is 0 Å². The van der Waals surface area contributed by atoms with Gasteiger partial charge in [-0.25, -0.2) is 9.69 Å². The van der Waals surface area contributed by atoms with E-state index in [1.165, 1.54) is 0 Å². The summed E-state index contributed by atoms with van der Waals surface area (Å²) in [5.41, 5.74) is 16.6. The molecule has 6 heteroatoms. The average Bonchev–Trinajstić information content (AvgIpc) is 4.09. The van der Waals surface area contributed by atoms with Crippen LogP contribution in [0.1, 0.15) is 11.1 Å². The molecule has 13 rings (SSSR count). The molecule has 2 heterocycles. The molecule has 0 radical (unpaired) electrons. The summed E-state index contributed by atoms with van der Waals surface area (Å²) >= 11 is 0. The number of fused-ring (bicyclic) bond motifs is 4. The third-order valence-corrected chi connectivity index (χ3v) is 14.7. The van der Waals surface area contributed by atoms with Gasteiger partial charge in [0.1, 0.15) is 0 Å². The number of benzene rings is 11. The van der Waals surface area contributed by atoms with Crippen molar-refractivity contribution in [3.8, 4) is 90.5 Å². The summed E-state index contributed by atoms with van der Waals surface area (Å²) in [6.45, 7) is 16.7. The number of hydrogen-bond donors (Lipinski definition) is 0. The number of para-hydroxylation sites is 4. The predicted molar refractivity (Wildman–Crippen MR) is 310 cm³/mol. The second kappa shape index (κ2) is 18.5. The van der Waals surface area contributed by atoms with E-state index in [1.54, 1.807) is 0 Å². The molecule has 0 saturated carbocycles. The lowest BCUT2D eigenvalue weighted by atomic mass is 9.85. The van der Waals surface area contributed by atoms with Crippen LogP contribution in [0.3, 0.4) is 0 Å². The van der Waals surface area contributed by atoms with Gasteiger partial charge in [0.2, 0.25) is 0 Å². The Morgan fingerprint density at radius 2 is 0.697 bits per heavy atom. The van der Waals surface area contributed by atoms with Crippen LogP contribution in [0.15, 0.2) is 243 Å². The van der Waals surface area contributed by atoms with Gasteiger partial charge in [-0.05, 0) is 97.9 Å². The molecule has 0 aliphatic carbocycles. The summed E-state index contributed by atoms with van der Waals surface area (Å²) in [5, 5.41) is 27.4. The van der Waals surface area contributed by atoms with Gasteiger partial charge in [-0.3, -0.25) is 0 Å². The third-order valence-electron chi connectivity index (χ3n) is 14.7. The zero-order chi connectivity index (χ0) is 51.3. The maximum Gasteiger partial charge on any atom is 0.196 e. The molecule has 0 atom stereocenters. The smallest absolute Gasteiger partial charge is 0.196 e. The van der Waals surface area contributed by atoms with Crippen molar-refractivity contribution in [2.45, 2.75) is 0 Å². The lowest BCUT2D eigenvalue weighted by Crippen LogP contribution is -2.01. The number of aromatic nitrogens is 2. The third kappa shape index (κ3) is 7.07. The minimum absolute atomic E-state index is 0.513. The normalized spacial score (nSPS) is 11.1. The van der Waals surface area contributed by atoms with Gasteiger partial charge in [0.15, 0.2) is 11.4 Å². The number of hydrogen-bond acceptors (Lipinski definition) is 2. The van der Waals surface area contributed by atoms with E-state index in [0.717, 1.165) is 122 Å². The van der Waals surface area contributed by atoms with Crippen LogP contribution in [0.4, 0.5) is 11.4 Å². The number of nitriles is 2. The van der Waals surface area contributed by atoms with Crippen LogP contribution in [0.5, 0.6) is 0 Å². The molecule has 6 nitrogen and oxygen atoms in total. The van der Waals surface area contributed by atoms with Gasteiger partial charge in [-0.1, -0.05) is 194 Å². The molecule has 350 valence electrons.